The van der Waals surface area contributed by atoms with Crippen molar-refractivity contribution in [3.63, 3.8) is 0 Å². The molecule has 5 heteroatoms. The minimum atomic E-state index is 0.281. The Kier molecular flexibility index (Phi) is 6.75. The first kappa shape index (κ1) is 28.0. The minimum Gasteiger partial charge on any atom is -0.437 e. The number of benzene rings is 4. The van der Waals surface area contributed by atoms with Gasteiger partial charge in [-0.15, -0.1) is 0 Å². The molecule has 0 amide bonds. The summed E-state index contributed by atoms with van der Waals surface area (Å²) in [5.74, 6) is 1.42. The molecule has 46 heavy (non-hydrogen) atoms. The minimum absolute atomic E-state index is 0.281. The topological polar surface area (TPSA) is 56.7 Å². The van der Waals surface area contributed by atoms with Crippen LogP contribution in [0.1, 0.15) is 50.7 Å². The molecule has 5 nitrogen and oxygen atoms in total. The van der Waals surface area contributed by atoms with Crippen LogP contribution in [-0.2, 0) is 0 Å². The molecule has 4 aromatic carbocycles. The van der Waals surface area contributed by atoms with E-state index in [1.807, 2.05) is 18.2 Å². The fraction of sp³-hybridized carbons (Fsp3) is 0.146. The maximum atomic E-state index is 6.64. The van der Waals surface area contributed by atoms with Crippen molar-refractivity contribution in [1.82, 2.24) is 19.5 Å². The molecule has 0 radical (unpaired) electrons. The highest BCUT2D eigenvalue weighted by molar-refractivity contribution is 6.09. The number of aromatic nitrogens is 4. The van der Waals surface area contributed by atoms with Crippen LogP contribution < -0.4 is 0 Å². The second-order valence-corrected chi connectivity index (χ2v) is 12.5. The number of hydrogen-bond acceptors (Lipinski definition) is 4. The third-order valence-corrected chi connectivity index (χ3v) is 8.89. The Morgan fingerprint density at radius 2 is 1.33 bits per heavy atom. The molecule has 224 valence electrons. The van der Waals surface area contributed by atoms with E-state index in [9.17, 15) is 0 Å². The Labute approximate surface area is 268 Å². The van der Waals surface area contributed by atoms with Crippen molar-refractivity contribution in [1.29, 1.82) is 0 Å². The summed E-state index contributed by atoms with van der Waals surface area (Å²) in [6.45, 7) is 9.12. The van der Waals surface area contributed by atoms with Crippen LogP contribution in [0.5, 0.6) is 0 Å². The summed E-state index contributed by atoms with van der Waals surface area (Å²) in [6.07, 6.45) is 3.57. The molecule has 8 aromatic rings. The van der Waals surface area contributed by atoms with Gasteiger partial charge in [0.15, 0.2) is 0 Å². The molecule has 0 saturated carbocycles. The second kappa shape index (κ2) is 11.1. The number of para-hydroxylation sites is 3. The van der Waals surface area contributed by atoms with Crippen LogP contribution in [0.4, 0.5) is 0 Å². The molecular weight excluding hydrogens is 564 g/mol. The van der Waals surface area contributed by atoms with Gasteiger partial charge in [0.1, 0.15) is 11.4 Å². The van der Waals surface area contributed by atoms with Crippen LogP contribution in [0.15, 0.2) is 126 Å². The molecule has 0 bridgehead atoms. The summed E-state index contributed by atoms with van der Waals surface area (Å²) in [5, 5.41) is 2.00. The second-order valence-electron chi connectivity index (χ2n) is 12.5. The van der Waals surface area contributed by atoms with Gasteiger partial charge in [-0.25, -0.2) is 9.97 Å². The van der Waals surface area contributed by atoms with Crippen molar-refractivity contribution in [3.8, 4) is 39.5 Å². The predicted octanol–water partition coefficient (Wildman–Crippen LogP) is 11.0. The van der Waals surface area contributed by atoms with E-state index >= 15 is 0 Å². The van der Waals surface area contributed by atoms with Crippen molar-refractivity contribution >= 4 is 33.1 Å². The Bertz CT molecular complexity index is 2340. The van der Waals surface area contributed by atoms with Crippen LogP contribution in [0.25, 0.3) is 72.6 Å². The number of nitrogens with zero attached hydrogens (tertiary/aromatic N) is 4. The lowest BCUT2D eigenvalue weighted by Crippen LogP contribution is -2.09. The van der Waals surface area contributed by atoms with Crippen molar-refractivity contribution < 1.29 is 4.42 Å². The standard InChI is InChI=1S/C41H34N4O/c1-25(2)33-23-29(27-11-6-5-7-12-27)24-34(26(3)4)38(33)45-37-16-9-8-15-36(37)43-40(45)32-14-10-13-30-31-17-18-35(28-19-21-42-22-20-28)44-41(31)46-39(30)32/h5-26H,1-4H3. The van der Waals surface area contributed by atoms with E-state index in [-0.39, 0.29) is 11.8 Å². The van der Waals surface area contributed by atoms with Gasteiger partial charge in [0.2, 0.25) is 5.71 Å². The SMILES string of the molecule is CC(C)c1cc(-c2ccccc2)cc(C(C)C)c1-n1c(-c2cccc3c2oc2nc(-c4ccncc4)ccc23)nc2ccccc21. The molecule has 0 spiro atoms. The van der Waals surface area contributed by atoms with Gasteiger partial charge in [0.25, 0.3) is 0 Å². The number of pyridine rings is 2. The average molecular weight is 599 g/mol. The monoisotopic (exact) mass is 598 g/mol. The van der Waals surface area contributed by atoms with Crippen molar-refractivity contribution in [3.05, 3.63) is 133 Å². The zero-order chi connectivity index (χ0) is 31.4. The van der Waals surface area contributed by atoms with Crippen LogP contribution in [0.3, 0.4) is 0 Å². The number of fused-ring (bicyclic) bond motifs is 4. The molecule has 0 aliphatic heterocycles. The van der Waals surface area contributed by atoms with E-state index < -0.39 is 0 Å². The van der Waals surface area contributed by atoms with Crippen molar-refractivity contribution in [2.24, 2.45) is 0 Å². The highest BCUT2D eigenvalue weighted by atomic mass is 16.3. The van der Waals surface area contributed by atoms with E-state index in [0.29, 0.717) is 5.71 Å². The lowest BCUT2D eigenvalue weighted by Gasteiger charge is -2.24. The number of hydrogen-bond donors (Lipinski definition) is 0. The molecule has 4 aromatic heterocycles. The van der Waals surface area contributed by atoms with E-state index in [1.54, 1.807) is 12.4 Å². The Morgan fingerprint density at radius 1 is 0.609 bits per heavy atom. The van der Waals surface area contributed by atoms with E-state index in [2.05, 4.69) is 128 Å². The van der Waals surface area contributed by atoms with Gasteiger partial charge in [0, 0.05) is 28.7 Å². The quantitative estimate of drug-likeness (QED) is 0.191. The third kappa shape index (κ3) is 4.59. The fourth-order valence-corrected chi connectivity index (χ4v) is 6.59. The molecule has 0 atom stereocenters. The van der Waals surface area contributed by atoms with Crippen LogP contribution in [0.2, 0.25) is 0 Å². The van der Waals surface area contributed by atoms with Gasteiger partial charge in [-0.2, -0.15) is 0 Å². The number of rotatable bonds is 6. The Morgan fingerprint density at radius 3 is 2.07 bits per heavy atom. The van der Waals surface area contributed by atoms with Crippen LogP contribution in [-0.4, -0.2) is 19.5 Å². The first-order valence-electron chi connectivity index (χ1n) is 15.9. The van der Waals surface area contributed by atoms with Gasteiger partial charge >= 0.3 is 0 Å². The van der Waals surface area contributed by atoms with Crippen LogP contribution in [0, 0.1) is 0 Å². The van der Waals surface area contributed by atoms with Gasteiger partial charge in [-0.3, -0.25) is 9.55 Å². The summed E-state index contributed by atoms with van der Waals surface area (Å²) in [7, 11) is 0. The van der Waals surface area contributed by atoms with Crippen molar-refractivity contribution in [2.45, 2.75) is 39.5 Å². The summed E-state index contributed by atoms with van der Waals surface area (Å²) < 4.78 is 9.01. The molecule has 8 rings (SSSR count). The normalized spacial score (nSPS) is 11.9. The van der Waals surface area contributed by atoms with Gasteiger partial charge in [-0.1, -0.05) is 82.3 Å². The largest absolute Gasteiger partial charge is 0.437 e. The molecule has 0 fully saturated rings. The molecule has 0 unspecified atom stereocenters. The summed E-state index contributed by atoms with van der Waals surface area (Å²) in [5.41, 5.74) is 12.4. The third-order valence-electron chi connectivity index (χ3n) is 8.89. The molecule has 0 aliphatic rings. The van der Waals surface area contributed by atoms with Crippen LogP contribution >= 0.6 is 0 Å². The van der Waals surface area contributed by atoms with Crippen molar-refractivity contribution in [2.75, 3.05) is 0 Å². The maximum Gasteiger partial charge on any atom is 0.227 e. The Hall–Kier alpha value is -5.55. The zero-order valence-electron chi connectivity index (χ0n) is 26.4. The molecule has 0 N–H and O–H groups in total. The first-order valence-corrected chi connectivity index (χ1v) is 15.9. The predicted molar refractivity (Wildman–Crippen MR) is 188 cm³/mol. The van der Waals surface area contributed by atoms with Gasteiger partial charge < -0.3 is 4.42 Å². The molecular formula is C41H34N4O. The summed E-state index contributed by atoms with van der Waals surface area (Å²) in [6, 6.07) is 38.2. The fourth-order valence-electron chi connectivity index (χ4n) is 6.59. The first-order chi connectivity index (χ1) is 22.5. The Balaban J connectivity index is 1.42. The smallest absolute Gasteiger partial charge is 0.227 e. The summed E-state index contributed by atoms with van der Waals surface area (Å²) >= 11 is 0. The highest BCUT2D eigenvalue weighted by Crippen LogP contribution is 2.42. The van der Waals surface area contributed by atoms with E-state index in [1.165, 1.54) is 27.9 Å². The molecule has 4 heterocycles. The lowest BCUT2D eigenvalue weighted by atomic mass is 9.88. The zero-order valence-corrected chi connectivity index (χ0v) is 26.4. The van der Waals surface area contributed by atoms with Gasteiger partial charge in [0.05, 0.1) is 28.0 Å². The average Bonchev–Trinajstić information content (AvgIpc) is 3.66. The number of imidazole rings is 1. The molecule has 0 saturated heterocycles. The lowest BCUT2D eigenvalue weighted by molar-refractivity contribution is 0.655. The summed E-state index contributed by atoms with van der Waals surface area (Å²) in [4.78, 5) is 14.4. The highest BCUT2D eigenvalue weighted by Gasteiger charge is 2.25. The van der Waals surface area contributed by atoms with E-state index in [4.69, 9.17) is 14.4 Å². The molecule has 0 aliphatic carbocycles. The number of furan rings is 1. The van der Waals surface area contributed by atoms with E-state index in [0.717, 1.165) is 50.0 Å². The maximum absolute atomic E-state index is 6.64. The van der Waals surface area contributed by atoms with Gasteiger partial charge in [-0.05, 0) is 88.7 Å².